The van der Waals surface area contributed by atoms with E-state index in [1.807, 2.05) is 0 Å². The van der Waals surface area contributed by atoms with Crippen molar-refractivity contribution >= 4 is 6.41 Å². The zero-order valence-corrected chi connectivity index (χ0v) is 7.30. The summed E-state index contributed by atoms with van der Waals surface area (Å²) < 4.78 is 5.29. The summed E-state index contributed by atoms with van der Waals surface area (Å²) in [5, 5.41) is 2.58. The second-order valence-corrected chi connectivity index (χ2v) is 2.89. The second kappa shape index (κ2) is 7.54. The fraction of sp³-hybridized carbons (Fsp3) is 0.875. The molecule has 11 heavy (non-hydrogen) atoms. The molecule has 0 heterocycles. The number of hydrogen-bond donors (Lipinski definition) is 1. The third-order valence-electron chi connectivity index (χ3n) is 1.14. The molecule has 0 aliphatic heterocycles. The van der Waals surface area contributed by atoms with Crippen molar-refractivity contribution < 1.29 is 9.53 Å². The summed E-state index contributed by atoms with van der Waals surface area (Å²) in [5.74, 6) is 0.592. The fourth-order valence-electron chi connectivity index (χ4n) is 0.654. The van der Waals surface area contributed by atoms with Crippen LogP contribution < -0.4 is 5.32 Å². The molecule has 0 unspecified atom stereocenters. The van der Waals surface area contributed by atoms with E-state index in [1.165, 1.54) is 0 Å². The number of ether oxygens (including phenoxy) is 1. The number of nitrogens with one attached hydrogen (secondary N) is 1. The molecule has 0 spiro atoms. The van der Waals surface area contributed by atoms with Crippen LogP contribution in [0.2, 0.25) is 0 Å². The van der Waals surface area contributed by atoms with Gasteiger partial charge in [0, 0.05) is 19.8 Å². The van der Waals surface area contributed by atoms with E-state index in [0.717, 1.165) is 19.6 Å². The maximum absolute atomic E-state index is 9.79. The van der Waals surface area contributed by atoms with Gasteiger partial charge < -0.3 is 10.1 Å². The van der Waals surface area contributed by atoms with E-state index in [2.05, 4.69) is 19.2 Å². The molecule has 0 aromatic heterocycles. The molecule has 3 nitrogen and oxygen atoms in total. The molecule has 0 bridgehead atoms. The van der Waals surface area contributed by atoms with Crippen LogP contribution in [-0.2, 0) is 9.53 Å². The van der Waals surface area contributed by atoms with Crippen molar-refractivity contribution in [2.75, 3.05) is 19.8 Å². The third-order valence-corrected chi connectivity index (χ3v) is 1.14. The van der Waals surface area contributed by atoms with Gasteiger partial charge >= 0.3 is 0 Å². The first-order valence-electron chi connectivity index (χ1n) is 4.02. The number of carbonyl (C=O) groups is 1. The Labute approximate surface area is 68.1 Å². The van der Waals surface area contributed by atoms with E-state index >= 15 is 0 Å². The summed E-state index contributed by atoms with van der Waals surface area (Å²) in [6, 6.07) is 0. The van der Waals surface area contributed by atoms with E-state index in [4.69, 9.17) is 4.74 Å². The van der Waals surface area contributed by atoms with Gasteiger partial charge in [-0.3, -0.25) is 4.79 Å². The Kier molecular flexibility index (Phi) is 7.15. The van der Waals surface area contributed by atoms with Crippen molar-refractivity contribution in [1.82, 2.24) is 5.32 Å². The Hall–Kier alpha value is -0.570. The van der Waals surface area contributed by atoms with E-state index in [9.17, 15) is 4.79 Å². The van der Waals surface area contributed by atoms with Crippen molar-refractivity contribution in [1.29, 1.82) is 0 Å². The van der Waals surface area contributed by atoms with Crippen LogP contribution in [0, 0.1) is 5.92 Å². The first kappa shape index (κ1) is 10.4. The van der Waals surface area contributed by atoms with Gasteiger partial charge in [-0.25, -0.2) is 0 Å². The zero-order valence-electron chi connectivity index (χ0n) is 7.30. The van der Waals surface area contributed by atoms with Crippen LogP contribution in [0.3, 0.4) is 0 Å². The van der Waals surface area contributed by atoms with E-state index in [-0.39, 0.29) is 0 Å². The predicted octanol–water partition coefficient (Wildman–Crippen LogP) is 0.795. The SMILES string of the molecule is CC(C)COCCCNC=O. The molecule has 3 heteroatoms. The lowest BCUT2D eigenvalue weighted by Gasteiger charge is -2.05. The maximum atomic E-state index is 9.79. The molecule has 0 fully saturated rings. The molecular weight excluding hydrogens is 142 g/mol. The highest BCUT2D eigenvalue weighted by Gasteiger charge is 1.92. The molecule has 1 N–H and O–H groups in total. The fourth-order valence-corrected chi connectivity index (χ4v) is 0.654. The van der Waals surface area contributed by atoms with Crippen LogP contribution in [0.4, 0.5) is 0 Å². The van der Waals surface area contributed by atoms with Crippen molar-refractivity contribution in [3.05, 3.63) is 0 Å². The number of carbonyl (C=O) groups excluding carboxylic acids is 1. The van der Waals surface area contributed by atoms with Crippen molar-refractivity contribution in [3.63, 3.8) is 0 Å². The van der Waals surface area contributed by atoms with Gasteiger partial charge in [0.2, 0.25) is 6.41 Å². The summed E-state index contributed by atoms with van der Waals surface area (Å²) in [5.41, 5.74) is 0. The molecule has 66 valence electrons. The Balaban J connectivity index is 2.85. The highest BCUT2D eigenvalue weighted by Crippen LogP contribution is 1.92. The van der Waals surface area contributed by atoms with E-state index in [1.54, 1.807) is 0 Å². The average molecular weight is 159 g/mol. The Morgan fingerprint density at radius 2 is 2.27 bits per heavy atom. The minimum Gasteiger partial charge on any atom is -0.381 e. The summed E-state index contributed by atoms with van der Waals surface area (Å²) in [6.07, 6.45) is 1.61. The number of hydrogen-bond acceptors (Lipinski definition) is 2. The van der Waals surface area contributed by atoms with Crippen molar-refractivity contribution in [3.8, 4) is 0 Å². The Bertz CT molecular complexity index is 94.1. The smallest absolute Gasteiger partial charge is 0.207 e. The quantitative estimate of drug-likeness (QED) is 0.440. The van der Waals surface area contributed by atoms with Crippen LogP contribution >= 0.6 is 0 Å². The molecule has 0 aromatic carbocycles. The summed E-state index contributed by atoms with van der Waals surface area (Å²) >= 11 is 0. The van der Waals surface area contributed by atoms with Gasteiger partial charge in [-0.2, -0.15) is 0 Å². The summed E-state index contributed by atoms with van der Waals surface area (Å²) in [6.45, 7) is 6.48. The van der Waals surface area contributed by atoms with Gasteiger partial charge in [0.1, 0.15) is 0 Å². The van der Waals surface area contributed by atoms with Crippen LogP contribution in [0.5, 0.6) is 0 Å². The standard InChI is InChI=1S/C8H17NO2/c1-8(2)6-11-5-3-4-9-7-10/h7-8H,3-6H2,1-2H3,(H,9,10). The molecule has 0 radical (unpaired) electrons. The summed E-state index contributed by atoms with van der Waals surface area (Å²) in [4.78, 5) is 9.79. The lowest BCUT2D eigenvalue weighted by molar-refractivity contribution is -0.109. The van der Waals surface area contributed by atoms with Crippen LogP contribution in [-0.4, -0.2) is 26.2 Å². The molecule has 0 aliphatic rings. The topological polar surface area (TPSA) is 38.3 Å². The molecule has 0 rings (SSSR count). The molecule has 0 saturated heterocycles. The van der Waals surface area contributed by atoms with Gasteiger partial charge in [-0.1, -0.05) is 13.8 Å². The third kappa shape index (κ3) is 9.43. The van der Waals surface area contributed by atoms with Crippen molar-refractivity contribution in [2.24, 2.45) is 5.92 Å². The van der Waals surface area contributed by atoms with Crippen LogP contribution in [0.1, 0.15) is 20.3 Å². The van der Waals surface area contributed by atoms with Gasteiger partial charge in [0.25, 0.3) is 0 Å². The van der Waals surface area contributed by atoms with Crippen LogP contribution in [0.15, 0.2) is 0 Å². The Morgan fingerprint density at radius 1 is 1.55 bits per heavy atom. The van der Waals surface area contributed by atoms with Gasteiger partial charge in [0.05, 0.1) is 0 Å². The average Bonchev–Trinajstić information content (AvgIpc) is 1.96. The minimum absolute atomic E-state index is 0.592. The number of amides is 1. The molecule has 1 amide bonds. The highest BCUT2D eigenvalue weighted by atomic mass is 16.5. The predicted molar refractivity (Wildman–Crippen MR) is 44.3 cm³/mol. The molecular formula is C8H17NO2. The zero-order chi connectivity index (χ0) is 8.53. The first-order chi connectivity index (χ1) is 5.27. The molecule has 0 aliphatic carbocycles. The maximum Gasteiger partial charge on any atom is 0.207 e. The molecule has 0 aromatic rings. The number of rotatable bonds is 7. The molecule has 0 atom stereocenters. The highest BCUT2D eigenvalue weighted by molar-refractivity contribution is 5.45. The van der Waals surface area contributed by atoms with Gasteiger partial charge in [-0.15, -0.1) is 0 Å². The Morgan fingerprint density at radius 3 is 2.82 bits per heavy atom. The normalized spacial score (nSPS) is 10.1. The van der Waals surface area contributed by atoms with E-state index in [0.29, 0.717) is 18.9 Å². The first-order valence-corrected chi connectivity index (χ1v) is 4.02. The van der Waals surface area contributed by atoms with Gasteiger partial charge in [-0.05, 0) is 12.3 Å². The molecule has 0 saturated carbocycles. The monoisotopic (exact) mass is 159 g/mol. The van der Waals surface area contributed by atoms with Crippen molar-refractivity contribution in [2.45, 2.75) is 20.3 Å². The van der Waals surface area contributed by atoms with Gasteiger partial charge in [0.15, 0.2) is 0 Å². The van der Waals surface area contributed by atoms with E-state index < -0.39 is 0 Å². The van der Waals surface area contributed by atoms with Crippen LogP contribution in [0.25, 0.3) is 0 Å². The lowest BCUT2D eigenvalue weighted by atomic mass is 10.2. The second-order valence-electron chi connectivity index (χ2n) is 2.89. The largest absolute Gasteiger partial charge is 0.381 e. The minimum atomic E-state index is 0.592. The summed E-state index contributed by atoms with van der Waals surface area (Å²) in [7, 11) is 0. The lowest BCUT2D eigenvalue weighted by Crippen LogP contribution is -2.14.